The van der Waals surface area contributed by atoms with Gasteiger partial charge in [0, 0.05) is 44.8 Å². The molecule has 0 spiro atoms. The van der Waals surface area contributed by atoms with Crippen LogP contribution in [-0.2, 0) is 16.0 Å². The summed E-state index contributed by atoms with van der Waals surface area (Å²) in [6.07, 6.45) is 1.83. The Hall–Kier alpha value is -2.11. The molecule has 0 atom stereocenters. The highest BCUT2D eigenvalue weighted by atomic mass is 16.5. The van der Waals surface area contributed by atoms with Crippen LogP contribution in [0.15, 0.2) is 30.9 Å². The van der Waals surface area contributed by atoms with E-state index in [1.165, 1.54) is 5.56 Å². The highest BCUT2D eigenvalue weighted by molar-refractivity contribution is 6.02. The molecule has 0 unspecified atom stereocenters. The van der Waals surface area contributed by atoms with Crippen LogP contribution >= 0.6 is 0 Å². The van der Waals surface area contributed by atoms with Gasteiger partial charge in [0.1, 0.15) is 5.69 Å². The van der Waals surface area contributed by atoms with Crippen molar-refractivity contribution in [1.29, 1.82) is 0 Å². The van der Waals surface area contributed by atoms with E-state index in [1.807, 2.05) is 13.0 Å². The zero-order valence-corrected chi connectivity index (χ0v) is 17.2. The molecular weight excluding hydrogens is 340 g/mol. The second kappa shape index (κ2) is 9.72. The number of fused-ring (bicyclic) bond motifs is 1. The van der Waals surface area contributed by atoms with Crippen LogP contribution in [0, 0.1) is 6.92 Å². The number of ether oxygens (including phenoxy) is 2. The molecule has 148 valence electrons. The Kier molecular flexibility index (Phi) is 7.63. The molecule has 0 radical (unpaired) electrons. The van der Waals surface area contributed by atoms with E-state index in [2.05, 4.69) is 43.2 Å². The second-order valence-electron chi connectivity index (χ2n) is 7.08. The van der Waals surface area contributed by atoms with Crippen molar-refractivity contribution < 1.29 is 14.3 Å². The van der Waals surface area contributed by atoms with E-state index in [1.54, 1.807) is 19.1 Å². The fourth-order valence-corrected chi connectivity index (χ4v) is 3.36. The molecule has 0 aliphatic carbocycles. The van der Waals surface area contributed by atoms with Crippen molar-refractivity contribution in [3.63, 3.8) is 0 Å². The Balaban J connectivity index is 2.56. The summed E-state index contributed by atoms with van der Waals surface area (Å²) in [7, 11) is 3.29. The molecule has 1 aromatic carbocycles. The highest BCUT2D eigenvalue weighted by Crippen LogP contribution is 2.30. The second-order valence-corrected chi connectivity index (χ2v) is 7.08. The third kappa shape index (κ3) is 4.60. The van der Waals surface area contributed by atoms with Gasteiger partial charge in [-0.2, -0.15) is 0 Å². The number of allylic oxidation sites excluding steroid dienone is 1. The van der Waals surface area contributed by atoms with Crippen molar-refractivity contribution in [3.05, 3.63) is 47.7 Å². The minimum atomic E-state index is 0.00532. The van der Waals surface area contributed by atoms with Gasteiger partial charge >= 0.3 is 0 Å². The van der Waals surface area contributed by atoms with Crippen LogP contribution in [0.3, 0.4) is 0 Å². The number of methoxy groups -OCH3 is 2. The topological polar surface area (TPSA) is 43.7 Å². The fourth-order valence-electron chi connectivity index (χ4n) is 3.36. The van der Waals surface area contributed by atoms with Gasteiger partial charge < -0.3 is 18.9 Å². The summed E-state index contributed by atoms with van der Waals surface area (Å²) in [5.74, 6) is 0.446. The smallest absolute Gasteiger partial charge is 0.270 e. The zero-order valence-electron chi connectivity index (χ0n) is 17.2. The predicted octanol–water partition coefficient (Wildman–Crippen LogP) is 3.99. The Morgan fingerprint density at radius 1 is 1.22 bits per heavy atom. The van der Waals surface area contributed by atoms with Gasteiger partial charge in [-0.25, -0.2) is 0 Å². The maximum atomic E-state index is 13.4. The quantitative estimate of drug-likeness (QED) is 0.592. The molecule has 0 fully saturated rings. The van der Waals surface area contributed by atoms with E-state index < -0.39 is 0 Å². The number of rotatable bonds is 10. The molecule has 0 aliphatic rings. The van der Waals surface area contributed by atoms with E-state index >= 15 is 0 Å². The third-order valence-corrected chi connectivity index (χ3v) is 4.94. The van der Waals surface area contributed by atoms with Gasteiger partial charge in [0.25, 0.3) is 5.91 Å². The van der Waals surface area contributed by atoms with Gasteiger partial charge in [-0.15, -0.1) is 6.58 Å². The lowest BCUT2D eigenvalue weighted by atomic mass is 10.0. The van der Waals surface area contributed by atoms with Crippen molar-refractivity contribution >= 4 is 16.8 Å². The molecule has 5 heteroatoms. The summed E-state index contributed by atoms with van der Waals surface area (Å²) in [6.45, 7) is 12.9. The lowest BCUT2D eigenvalue weighted by Gasteiger charge is -2.23. The SMILES string of the molecule is C=CCn1c(C(=O)N(CCOC)CCOC)c(C)c2cc(C(C)C)ccc21. The number of aryl methyl sites for hydroxylation is 1. The van der Waals surface area contributed by atoms with Gasteiger partial charge in [0.15, 0.2) is 0 Å². The molecule has 1 aromatic heterocycles. The summed E-state index contributed by atoms with van der Waals surface area (Å²) >= 11 is 0. The normalized spacial score (nSPS) is 11.3. The summed E-state index contributed by atoms with van der Waals surface area (Å²) in [5.41, 5.74) is 4.08. The summed E-state index contributed by atoms with van der Waals surface area (Å²) in [5, 5.41) is 1.13. The van der Waals surface area contributed by atoms with Gasteiger partial charge in [-0.1, -0.05) is 26.0 Å². The maximum absolute atomic E-state index is 13.4. The van der Waals surface area contributed by atoms with E-state index in [4.69, 9.17) is 9.47 Å². The molecule has 1 amide bonds. The minimum Gasteiger partial charge on any atom is -0.383 e. The number of carbonyl (C=O) groups is 1. The standard InChI is InChI=1S/C22H32N2O3/c1-7-10-24-20-9-8-18(16(2)3)15-19(20)17(4)21(24)22(25)23(11-13-26-5)12-14-27-6/h7-9,15-16H,1,10-14H2,2-6H3. The molecular formula is C22H32N2O3. The van der Waals surface area contributed by atoms with Crippen molar-refractivity contribution in [3.8, 4) is 0 Å². The average Bonchev–Trinajstić information content (AvgIpc) is 2.93. The van der Waals surface area contributed by atoms with Crippen molar-refractivity contribution in [2.75, 3.05) is 40.5 Å². The number of carbonyl (C=O) groups excluding carboxylic acids is 1. The number of benzene rings is 1. The van der Waals surface area contributed by atoms with Gasteiger partial charge in [-0.05, 0) is 36.1 Å². The summed E-state index contributed by atoms with van der Waals surface area (Å²) in [6, 6.07) is 6.47. The van der Waals surface area contributed by atoms with E-state index in [0.29, 0.717) is 38.8 Å². The molecule has 0 bridgehead atoms. The number of amides is 1. The average molecular weight is 373 g/mol. The van der Waals surface area contributed by atoms with Crippen LogP contribution < -0.4 is 0 Å². The van der Waals surface area contributed by atoms with Crippen molar-refractivity contribution in [1.82, 2.24) is 9.47 Å². The molecule has 2 rings (SSSR count). The first-order valence-corrected chi connectivity index (χ1v) is 9.47. The van der Waals surface area contributed by atoms with Crippen LogP contribution in [0.5, 0.6) is 0 Å². The molecule has 27 heavy (non-hydrogen) atoms. The maximum Gasteiger partial charge on any atom is 0.270 e. The Morgan fingerprint density at radius 2 is 1.85 bits per heavy atom. The molecule has 5 nitrogen and oxygen atoms in total. The van der Waals surface area contributed by atoms with E-state index in [9.17, 15) is 4.79 Å². The Labute approximate surface area is 162 Å². The first-order chi connectivity index (χ1) is 13.0. The van der Waals surface area contributed by atoms with Crippen LogP contribution in [-0.4, -0.2) is 55.9 Å². The fraction of sp³-hybridized carbons (Fsp3) is 0.500. The van der Waals surface area contributed by atoms with Gasteiger partial charge in [0.05, 0.1) is 13.2 Å². The lowest BCUT2D eigenvalue weighted by molar-refractivity contribution is 0.0617. The lowest BCUT2D eigenvalue weighted by Crippen LogP contribution is -2.37. The van der Waals surface area contributed by atoms with Gasteiger partial charge in [-0.3, -0.25) is 4.79 Å². The largest absolute Gasteiger partial charge is 0.383 e. The Bertz CT molecular complexity index is 784. The molecule has 0 saturated carbocycles. The highest BCUT2D eigenvalue weighted by Gasteiger charge is 2.24. The van der Waals surface area contributed by atoms with Crippen LogP contribution in [0.4, 0.5) is 0 Å². The summed E-state index contributed by atoms with van der Waals surface area (Å²) < 4.78 is 12.4. The van der Waals surface area contributed by atoms with Crippen molar-refractivity contribution in [2.45, 2.75) is 33.2 Å². The van der Waals surface area contributed by atoms with Crippen LogP contribution in [0.25, 0.3) is 10.9 Å². The van der Waals surface area contributed by atoms with Crippen molar-refractivity contribution in [2.24, 2.45) is 0 Å². The molecule has 0 aliphatic heterocycles. The first kappa shape index (κ1) is 21.2. The molecule has 0 N–H and O–H groups in total. The molecule has 2 aromatic rings. The summed E-state index contributed by atoms with van der Waals surface area (Å²) in [4.78, 5) is 15.2. The van der Waals surface area contributed by atoms with E-state index in [0.717, 1.165) is 22.2 Å². The van der Waals surface area contributed by atoms with Crippen LogP contribution in [0.1, 0.15) is 41.4 Å². The van der Waals surface area contributed by atoms with Gasteiger partial charge in [0.2, 0.25) is 0 Å². The number of hydrogen-bond acceptors (Lipinski definition) is 3. The molecule has 0 saturated heterocycles. The first-order valence-electron chi connectivity index (χ1n) is 9.47. The predicted molar refractivity (Wildman–Crippen MR) is 111 cm³/mol. The third-order valence-electron chi connectivity index (χ3n) is 4.94. The monoisotopic (exact) mass is 372 g/mol. The van der Waals surface area contributed by atoms with Crippen LogP contribution in [0.2, 0.25) is 0 Å². The number of aromatic nitrogens is 1. The number of hydrogen-bond donors (Lipinski definition) is 0. The number of nitrogens with zero attached hydrogens (tertiary/aromatic N) is 2. The minimum absolute atomic E-state index is 0.00532. The van der Waals surface area contributed by atoms with E-state index in [-0.39, 0.29) is 5.91 Å². The molecule has 1 heterocycles. The Morgan fingerprint density at radius 3 is 2.37 bits per heavy atom. The zero-order chi connectivity index (χ0) is 20.0.